The first-order valence-corrected chi connectivity index (χ1v) is 11.6. The van der Waals surface area contributed by atoms with Gasteiger partial charge in [-0.05, 0) is 35.1 Å². The number of nitrogens with one attached hydrogen (secondary N) is 2. The minimum absolute atomic E-state index is 0.00203. The van der Waals surface area contributed by atoms with E-state index in [2.05, 4.69) is 34.9 Å². The number of carbonyl (C=O) groups is 3. The van der Waals surface area contributed by atoms with E-state index in [9.17, 15) is 14.4 Å². The highest BCUT2D eigenvalue weighted by atomic mass is 16.5. The fourth-order valence-corrected chi connectivity index (χ4v) is 4.56. The van der Waals surface area contributed by atoms with Gasteiger partial charge >= 0.3 is 12.1 Å². The third kappa shape index (κ3) is 5.39. The molecule has 1 saturated heterocycles. The molecular weight excluding hydrogens is 436 g/mol. The number of alkyl carbamates (subject to hydrolysis) is 1. The summed E-state index contributed by atoms with van der Waals surface area (Å²) < 4.78 is 11.2. The van der Waals surface area contributed by atoms with Crippen LogP contribution in [0.1, 0.15) is 36.8 Å². The smallest absolute Gasteiger partial charge is 0.407 e. The molecule has 0 radical (unpaired) electrons. The molecule has 2 aromatic rings. The predicted octanol–water partition coefficient (Wildman–Crippen LogP) is 3.16. The van der Waals surface area contributed by atoms with Crippen LogP contribution in [-0.2, 0) is 19.1 Å². The lowest BCUT2D eigenvalue weighted by Crippen LogP contribution is -2.34. The number of hydrogen-bond acceptors (Lipinski definition) is 5. The van der Waals surface area contributed by atoms with Gasteiger partial charge in [-0.3, -0.25) is 9.59 Å². The quantitative estimate of drug-likeness (QED) is 0.523. The van der Waals surface area contributed by atoms with Crippen LogP contribution in [0.4, 0.5) is 4.79 Å². The highest BCUT2D eigenvalue weighted by Crippen LogP contribution is 2.44. The Kier molecular flexibility index (Phi) is 7.47. The zero-order valence-electron chi connectivity index (χ0n) is 19.2. The number of aliphatic carboxylic acids is 1. The zero-order chi connectivity index (χ0) is 24.1. The molecule has 8 heteroatoms. The maximum absolute atomic E-state index is 12.3. The van der Waals surface area contributed by atoms with E-state index in [0.717, 1.165) is 11.1 Å². The molecule has 180 valence electrons. The second-order valence-electron chi connectivity index (χ2n) is 8.91. The number of amides is 2. The van der Waals surface area contributed by atoms with Gasteiger partial charge in [0.2, 0.25) is 5.91 Å². The maximum Gasteiger partial charge on any atom is 0.407 e. The molecule has 0 bridgehead atoms. The molecule has 0 spiro atoms. The number of carboxylic acids is 1. The second-order valence-corrected chi connectivity index (χ2v) is 8.91. The van der Waals surface area contributed by atoms with E-state index in [4.69, 9.17) is 14.6 Å². The Labute approximate surface area is 198 Å². The third-order valence-electron chi connectivity index (χ3n) is 6.57. The SMILES string of the molecule is CC(CCNC(=O)C1COC(CNC(=O)OCC2c3ccccc3-c3ccccc32)C1)C(=O)O. The van der Waals surface area contributed by atoms with Crippen LogP contribution in [0.25, 0.3) is 11.1 Å². The Bertz CT molecular complexity index is 1010. The van der Waals surface area contributed by atoms with Gasteiger partial charge in [-0.1, -0.05) is 55.5 Å². The second kappa shape index (κ2) is 10.7. The molecule has 2 aliphatic rings. The average molecular weight is 467 g/mol. The minimum atomic E-state index is -0.877. The van der Waals surface area contributed by atoms with Crippen LogP contribution >= 0.6 is 0 Å². The fraction of sp³-hybridized carbons (Fsp3) is 0.423. The summed E-state index contributed by atoms with van der Waals surface area (Å²) in [6, 6.07) is 16.3. The van der Waals surface area contributed by atoms with Gasteiger partial charge in [-0.2, -0.15) is 0 Å². The number of carbonyl (C=O) groups excluding carboxylic acids is 2. The highest BCUT2D eigenvalue weighted by molar-refractivity contribution is 5.80. The number of ether oxygens (including phenoxy) is 2. The van der Waals surface area contributed by atoms with E-state index in [1.54, 1.807) is 6.92 Å². The molecule has 4 rings (SSSR count). The minimum Gasteiger partial charge on any atom is -0.481 e. The molecule has 1 aliphatic heterocycles. The van der Waals surface area contributed by atoms with Crippen molar-refractivity contribution >= 4 is 18.0 Å². The Morgan fingerprint density at radius 3 is 2.35 bits per heavy atom. The summed E-state index contributed by atoms with van der Waals surface area (Å²) in [6.45, 7) is 2.70. The van der Waals surface area contributed by atoms with Gasteiger partial charge < -0.3 is 25.2 Å². The summed E-state index contributed by atoms with van der Waals surface area (Å²) in [6.07, 6.45) is 0.0842. The molecule has 2 aromatic carbocycles. The number of fused-ring (bicyclic) bond motifs is 3. The molecule has 1 aliphatic carbocycles. The van der Waals surface area contributed by atoms with Crippen molar-refractivity contribution < 1.29 is 29.0 Å². The van der Waals surface area contributed by atoms with Crippen molar-refractivity contribution in [1.82, 2.24) is 10.6 Å². The molecule has 3 atom stereocenters. The maximum atomic E-state index is 12.3. The Hall–Kier alpha value is -3.39. The van der Waals surface area contributed by atoms with Crippen molar-refractivity contribution in [2.45, 2.75) is 31.8 Å². The van der Waals surface area contributed by atoms with E-state index < -0.39 is 18.0 Å². The van der Waals surface area contributed by atoms with Crippen molar-refractivity contribution in [1.29, 1.82) is 0 Å². The lowest BCUT2D eigenvalue weighted by molar-refractivity contribution is -0.141. The van der Waals surface area contributed by atoms with E-state index in [1.807, 2.05) is 24.3 Å². The molecular formula is C26H30N2O6. The topological polar surface area (TPSA) is 114 Å². The summed E-state index contributed by atoms with van der Waals surface area (Å²) in [5, 5.41) is 14.4. The zero-order valence-corrected chi connectivity index (χ0v) is 19.2. The first kappa shape index (κ1) is 23.8. The van der Waals surface area contributed by atoms with Gasteiger partial charge in [-0.15, -0.1) is 0 Å². The van der Waals surface area contributed by atoms with Crippen LogP contribution in [0.2, 0.25) is 0 Å². The van der Waals surface area contributed by atoms with Crippen molar-refractivity contribution in [2.24, 2.45) is 11.8 Å². The van der Waals surface area contributed by atoms with Crippen molar-refractivity contribution in [3.05, 3.63) is 59.7 Å². The van der Waals surface area contributed by atoms with E-state index in [0.29, 0.717) is 19.4 Å². The predicted molar refractivity (Wildman–Crippen MR) is 125 cm³/mol. The first-order chi connectivity index (χ1) is 16.4. The normalized spacial score (nSPS) is 19.7. The van der Waals surface area contributed by atoms with Crippen LogP contribution < -0.4 is 10.6 Å². The number of rotatable bonds is 9. The molecule has 3 unspecified atom stereocenters. The van der Waals surface area contributed by atoms with Crippen LogP contribution in [0, 0.1) is 11.8 Å². The third-order valence-corrected chi connectivity index (χ3v) is 6.57. The summed E-state index contributed by atoms with van der Waals surface area (Å²) in [4.78, 5) is 35.5. The number of benzene rings is 2. The van der Waals surface area contributed by atoms with Crippen molar-refractivity contribution in [3.63, 3.8) is 0 Å². The fourth-order valence-electron chi connectivity index (χ4n) is 4.56. The standard InChI is InChI=1S/C26H30N2O6/c1-16(25(30)31)10-11-27-24(29)17-12-18(33-14-17)13-28-26(32)34-15-23-21-8-4-2-6-19(21)20-7-3-5-9-22(20)23/h2-9,16-18,23H,10-15H2,1H3,(H,27,29)(H,28,32)(H,30,31). The first-order valence-electron chi connectivity index (χ1n) is 11.6. The van der Waals surface area contributed by atoms with Gasteiger partial charge in [0.05, 0.1) is 24.5 Å². The van der Waals surface area contributed by atoms with Crippen LogP contribution in [-0.4, -0.2) is 55.5 Å². The summed E-state index contributed by atoms with van der Waals surface area (Å²) >= 11 is 0. The van der Waals surface area contributed by atoms with E-state index in [1.165, 1.54) is 11.1 Å². The van der Waals surface area contributed by atoms with Gasteiger partial charge in [-0.25, -0.2) is 4.79 Å². The molecule has 2 amide bonds. The molecule has 8 nitrogen and oxygen atoms in total. The van der Waals surface area contributed by atoms with Crippen LogP contribution in [0.3, 0.4) is 0 Å². The molecule has 34 heavy (non-hydrogen) atoms. The van der Waals surface area contributed by atoms with Gasteiger partial charge in [0.25, 0.3) is 0 Å². The van der Waals surface area contributed by atoms with Gasteiger partial charge in [0.1, 0.15) is 6.61 Å². The monoisotopic (exact) mass is 466 g/mol. The number of carboxylic acid groups (broad SMARTS) is 1. The molecule has 1 heterocycles. The number of hydrogen-bond donors (Lipinski definition) is 3. The Balaban J connectivity index is 1.20. The van der Waals surface area contributed by atoms with E-state index >= 15 is 0 Å². The van der Waals surface area contributed by atoms with Crippen molar-refractivity contribution in [2.75, 3.05) is 26.3 Å². The molecule has 3 N–H and O–H groups in total. The van der Waals surface area contributed by atoms with Gasteiger partial charge in [0, 0.05) is 19.0 Å². The van der Waals surface area contributed by atoms with E-state index in [-0.39, 0.29) is 43.6 Å². The van der Waals surface area contributed by atoms with Crippen LogP contribution in [0.5, 0.6) is 0 Å². The molecule has 0 saturated carbocycles. The average Bonchev–Trinajstić information content (AvgIpc) is 3.44. The summed E-state index contributed by atoms with van der Waals surface area (Å²) in [7, 11) is 0. The lowest BCUT2D eigenvalue weighted by atomic mass is 9.98. The Morgan fingerprint density at radius 2 is 1.71 bits per heavy atom. The molecule has 0 aromatic heterocycles. The summed E-state index contributed by atoms with van der Waals surface area (Å²) in [5.74, 6) is -1.85. The lowest BCUT2D eigenvalue weighted by Gasteiger charge is -2.16. The summed E-state index contributed by atoms with van der Waals surface area (Å²) in [5.41, 5.74) is 4.66. The van der Waals surface area contributed by atoms with Crippen LogP contribution in [0.15, 0.2) is 48.5 Å². The Morgan fingerprint density at radius 1 is 1.06 bits per heavy atom. The highest BCUT2D eigenvalue weighted by Gasteiger charge is 2.32. The largest absolute Gasteiger partial charge is 0.481 e. The molecule has 1 fully saturated rings. The van der Waals surface area contributed by atoms with Crippen molar-refractivity contribution in [3.8, 4) is 11.1 Å². The van der Waals surface area contributed by atoms with Gasteiger partial charge in [0.15, 0.2) is 0 Å².